The second-order valence-corrected chi connectivity index (χ2v) is 2.34. The molecule has 1 atom stereocenters. The second-order valence-electron chi connectivity index (χ2n) is 1.09. The Bertz CT molecular complexity index is 84.1. The maximum atomic E-state index is 10.3. The molecule has 0 aliphatic heterocycles. The van der Waals surface area contributed by atoms with Crippen LogP contribution in [0.5, 0.6) is 0 Å². The van der Waals surface area contributed by atoms with Gasteiger partial charge in [0.2, 0.25) is 0 Å². The zero-order valence-electron chi connectivity index (χ0n) is 4.43. The van der Waals surface area contributed by atoms with E-state index in [1.807, 2.05) is 0 Å². The van der Waals surface area contributed by atoms with E-state index in [0.717, 1.165) is 0 Å². The molecule has 0 saturated heterocycles. The first-order chi connectivity index (χ1) is 3.68. The minimum Gasteiger partial charge on any atom is -0.464 e. The monoisotopic (exact) mass is 154 g/mol. The molecule has 0 bridgehead atoms. The Hall–Kier alpha value is 0.110. The van der Waals surface area contributed by atoms with Crippen molar-refractivity contribution in [1.29, 1.82) is 0 Å². The van der Waals surface area contributed by atoms with Crippen LogP contribution < -0.4 is 0 Å². The maximum Gasteiger partial charge on any atom is 0.334 e. The number of hydrogen-bond acceptors (Lipinski definition) is 3. The summed E-state index contributed by atoms with van der Waals surface area (Å²) < 4.78 is 3.63. The van der Waals surface area contributed by atoms with Crippen LogP contribution in [0.1, 0.15) is 6.92 Å². The van der Waals surface area contributed by atoms with E-state index >= 15 is 0 Å². The Morgan fingerprint density at radius 3 is 2.62 bits per heavy atom. The fraction of sp³-hybridized carbons (Fsp3) is 0.750. The molecule has 0 aromatic carbocycles. The molecule has 0 saturated carbocycles. The molecular weight excluding hydrogens is 148 g/mol. The third-order valence-corrected chi connectivity index (χ3v) is 0.870. The predicted octanol–water partition coefficient (Wildman–Crippen LogP) is 1.04. The normalized spacial score (nSPS) is 12.9. The van der Waals surface area contributed by atoms with Crippen LogP contribution in [0.2, 0.25) is 0 Å². The molecule has 0 rings (SSSR count). The number of rotatable bonds is 2. The van der Waals surface area contributed by atoms with Gasteiger partial charge in [0, 0.05) is 0 Å². The van der Waals surface area contributed by atoms with Crippen molar-refractivity contribution >= 4 is 30.2 Å². The van der Waals surface area contributed by atoms with E-state index in [4.69, 9.17) is 11.6 Å². The SMILES string of the molecule is CCOC(=O)C(S)Cl. The first-order valence-electron chi connectivity index (χ1n) is 2.17. The summed E-state index contributed by atoms with van der Waals surface area (Å²) in [5.74, 6) is -0.488. The van der Waals surface area contributed by atoms with Crippen LogP contribution >= 0.6 is 24.2 Å². The number of thiol groups is 1. The van der Waals surface area contributed by atoms with Gasteiger partial charge in [-0.25, -0.2) is 4.79 Å². The fourth-order valence-corrected chi connectivity index (χ4v) is 0.349. The lowest BCUT2D eigenvalue weighted by atomic mass is 10.7. The van der Waals surface area contributed by atoms with Crippen molar-refractivity contribution in [3.8, 4) is 0 Å². The summed E-state index contributed by atoms with van der Waals surface area (Å²) in [4.78, 5) is 10.3. The zero-order chi connectivity index (χ0) is 6.57. The third kappa shape index (κ3) is 3.16. The largest absolute Gasteiger partial charge is 0.464 e. The summed E-state index contributed by atoms with van der Waals surface area (Å²) in [5, 5.41) is 0. The molecule has 0 aromatic heterocycles. The maximum absolute atomic E-state index is 10.3. The molecule has 0 fully saturated rings. The average Bonchev–Trinajstić information content (AvgIpc) is 1.67. The number of hydrogen-bond donors (Lipinski definition) is 1. The number of carbonyl (C=O) groups excluding carboxylic acids is 1. The molecule has 0 aromatic rings. The summed E-state index contributed by atoms with van der Waals surface area (Å²) in [6.45, 7) is 2.06. The summed E-state index contributed by atoms with van der Waals surface area (Å²) in [5.41, 5.74) is 0. The van der Waals surface area contributed by atoms with Gasteiger partial charge in [0.25, 0.3) is 0 Å². The van der Waals surface area contributed by atoms with Crippen LogP contribution in [-0.2, 0) is 9.53 Å². The Balaban J connectivity index is 3.33. The van der Waals surface area contributed by atoms with Crippen LogP contribution in [-0.4, -0.2) is 17.3 Å². The number of carbonyl (C=O) groups is 1. The molecular formula is C4H7ClO2S. The highest BCUT2D eigenvalue weighted by molar-refractivity contribution is 7.83. The molecule has 8 heavy (non-hydrogen) atoms. The van der Waals surface area contributed by atoms with Crippen LogP contribution in [0.4, 0.5) is 0 Å². The van der Waals surface area contributed by atoms with Crippen LogP contribution in [0, 0.1) is 0 Å². The van der Waals surface area contributed by atoms with E-state index in [1.54, 1.807) is 6.92 Å². The summed E-state index contributed by atoms with van der Waals surface area (Å²) in [6, 6.07) is 0. The Kier molecular flexibility index (Phi) is 4.09. The molecule has 2 nitrogen and oxygen atoms in total. The molecule has 0 N–H and O–H groups in total. The van der Waals surface area contributed by atoms with Gasteiger partial charge < -0.3 is 4.74 Å². The number of esters is 1. The highest BCUT2D eigenvalue weighted by Gasteiger charge is 2.08. The minimum atomic E-state index is -0.824. The lowest BCUT2D eigenvalue weighted by Gasteiger charge is -1.99. The average molecular weight is 155 g/mol. The van der Waals surface area contributed by atoms with E-state index in [-0.39, 0.29) is 0 Å². The minimum absolute atomic E-state index is 0.350. The molecule has 0 amide bonds. The number of halogens is 1. The fourth-order valence-electron chi connectivity index (χ4n) is 0.211. The number of alkyl halides is 1. The lowest BCUT2D eigenvalue weighted by molar-refractivity contribution is -0.140. The molecule has 0 aliphatic carbocycles. The van der Waals surface area contributed by atoms with E-state index < -0.39 is 10.7 Å². The lowest BCUT2D eigenvalue weighted by Crippen LogP contribution is -2.11. The molecule has 0 heterocycles. The quantitative estimate of drug-likeness (QED) is 0.366. The molecule has 0 spiro atoms. The van der Waals surface area contributed by atoms with Gasteiger partial charge in [-0.05, 0) is 6.92 Å². The van der Waals surface area contributed by atoms with Crippen molar-refractivity contribution in [3.63, 3.8) is 0 Å². The second kappa shape index (κ2) is 4.04. The van der Waals surface area contributed by atoms with Crippen molar-refractivity contribution < 1.29 is 9.53 Å². The van der Waals surface area contributed by atoms with Crippen LogP contribution in [0.25, 0.3) is 0 Å². The van der Waals surface area contributed by atoms with E-state index in [9.17, 15) is 4.79 Å². The molecule has 0 radical (unpaired) electrons. The van der Waals surface area contributed by atoms with Gasteiger partial charge in [-0.2, -0.15) is 0 Å². The van der Waals surface area contributed by atoms with E-state index in [2.05, 4.69) is 17.4 Å². The van der Waals surface area contributed by atoms with Gasteiger partial charge in [0.1, 0.15) is 0 Å². The van der Waals surface area contributed by atoms with Gasteiger partial charge >= 0.3 is 5.97 Å². The van der Waals surface area contributed by atoms with Crippen molar-refractivity contribution in [3.05, 3.63) is 0 Å². The molecule has 0 aliphatic rings. The summed E-state index contributed by atoms with van der Waals surface area (Å²) in [7, 11) is 0. The smallest absolute Gasteiger partial charge is 0.334 e. The molecule has 48 valence electrons. The first-order valence-corrected chi connectivity index (χ1v) is 3.12. The van der Waals surface area contributed by atoms with Crippen LogP contribution in [0.15, 0.2) is 0 Å². The zero-order valence-corrected chi connectivity index (χ0v) is 6.08. The van der Waals surface area contributed by atoms with Gasteiger partial charge in [-0.1, -0.05) is 11.6 Å². The van der Waals surface area contributed by atoms with Crippen molar-refractivity contribution in [2.45, 2.75) is 11.6 Å². The third-order valence-electron chi connectivity index (χ3n) is 0.481. The molecule has 1 unspecified atom stereocenters. The standard InChI is InChI=1S/C4H7ClO2S/c1-2-7-4(6)3(5)8/h3,8H,2H2,1H3. The van der Waals surface area contributed by atoms with Crippen molar-refractivity contribution in [1.82, 2.24) is 0 Å². The highest BCUT2D eigenvalue weighted by atomic mass is 35.5. The topological polar surface area (TPSA) is 26.3 Å². The highest BCUT2D eigenvalue weighted by Crippen LogP contribution is 2.01. The molecule has 4 heteroatoms. The Morgan fingerprint density at radius 2 is 2.50 bits per heavy atom. The van der Waals surface area contributed by atoms with Gasteiger partial charge in [-0.15, -0.1) is 12.6 Å². The van der Waals surface area contributed by atoms with Gasteiger partial charge in [0.05, 0.1) is 6.61 Å². The van der Waals surface area contributed by atoms with Crippen molar-refractivity contribution in [2.24, 2.45) is 0 Å². The summed E-state index contributed by atoms with van der Waals surface area (Å²) in [6.07, 6.45) is 0. The summed E-state index contributed by atoms with van der Waals surface area (Å²) >= 11 is 8.81. The van der Waals surface area contributed by atoms with E-state index in [1.165, 1.54) is 0 Å². The Morgan fingerprint density at radius 1 is 2.00 bits per heavy atom. The predicted molar refractivity (Wildman–Crippen MR) is 35.3 cm³/mol. The van der Waals surface area contributed by atoms with Crippen LogP contribution in [0.3, 0.4) is 0 Å². The number of ether oxygens (including phenoxy) is 1. The van der Waals surface area contributed by atoms with Gasteiger partial charge in [0.15, 0.2) is 4.71 Å². The van der Waals surface area contributed by atoms with Gasteiger partial charge in [-0.3, -0.25) is 0 Å². The first kappa shape index (κ1) is 8.11. The Labute approximate surface area is 58.6 Å². The van der Waals surface area contributed by atoms with Crippen molar-refractivity contribution in [2.75, 3.05) is 6.61 Å². The van der Waals surface area contributed by atoms with E-state index in [0.29, 0.717) is 6.61 Å².